The second kappa shape index (κ2) is 19.0. The number of rotatable bonds is 14. The number of ether oxygens (including phenoxy) is 1. The summed E-state index contributed by atoms with van der Waals surface area (Å²) < 4.78 is 82.2. The highest BCUT2D eigenvalue weighted by Crippen LogP contribution is 2.38. The van der Waals surface area contributed by atoms with E-state index in [-0.39, 0.29) is 65.5 Å². The summed E-state index contributed by atoms with van der Waals surface area (Å²) in [5, 5.41) is 5.32. The molecule has 3 N–H and O–H groups in total. The molecule has 2 amide bonds. The van der Waals surface area contributed by atoms with E-state index in [9.17, 15) is 36.0 Å². The Bertz CT molecular complexity index is 2790. The lowest BCUT2D eigenvalue weighted by molar-refractivity contribution is -0.138. The lowest BCUT2D eigenvalue weighted by Gasteiger charge is -2.36. The average Bonchev–Trinajstić information content (AvgIpc) is 3.79. The fourth-order valence-corrected chi connectivity index (χ4v) is 10.9. The molecule has 3 aromatic heterocycles. The zero-order valence-electron chi connectivity index (χ0n) is 37.8. The lowest BCUT2D eigenvalue weighted by atomic mass is 9.85. The molecule has 0 bridgehead atoms. The van der Waals surface area contributed by atoms with E-state index >= 15 is 0 Å². The van der Waals surface area contributed by atoms with E-state index in [1.807, 2.05) is 19.9 Å². The number of nitrogens with zero attached hydrogens (tertiary/aromatic N) is 7. The number of hydrogen-bond donors (Lipinski definition) is 3. The van der Waals surface area contributed by atoms with Crippen molar-refractivity contribution in [2.75, 3.05) is 38.1 Å². The molecule has 2 aliphatic heterocycles. The highest BCUT2D eigenvalue weighted by Gasteiger charge is 2.37. The van der Waals surface area contributed by atoms with Crippen LogP contribution < -0.4 is 21.0 Å². The van der Waals surface area contributed by atoms with Gasteiger partial charge >= 0.3 is 11.9 Å². The Morgan fingerprint density at radius 3 is 2.35 bits per heavy atom. The number of carbonyl (C=O) groups excluding carboxylic acids is 2. The van der Waals surface area contributed by atoms with Crippen LogP contribution in [0.15, 0.2) is 58.5 Å². The van der Waals surface area contributed by atoms with Gasteiger partial charge in [-0.1, -0.05) is 6.07 Å². The predicted octanol–water partition coefficient (Wildman–Crippen LogP) is 6.66. The number of carbonyl (C=O) groups is 2. The molecule has 16 nitrogen and oxygen atoms in total. The van der Waals surface area contributed by atoms with Crippen molar-refractivity contribution in [3.05, 3.63) is 81.8 Å². The zero-order chi connectivity index (χ0) is 47.1. The van der Waals surface area contributed by atoms with Crippen molar-refractivity contribution in [3.63, 3.8) is 0 Å². The van der Waals surface area contributed by atoms with Gasteiger partial charge in [-0.3, -0.25) is 24.0 Å². The molecule has 3 aliphatic rings. The molecule has 0 radical (unpaired) electrons. The van der Waals surface area contributed by atoms with E-state index in [4.69, 9.17) is 4.74 Å². The van der Waals surface area contributed by atoms with Crippen LogP contribution in [-0.4, -0.2) is 92.7 Å². The second-order valence-corrected chi connectivity index (χ2v) is 19.9. The van der Waals surface area contributed by atoms with Crippen molar-refractivity contribution in [3.8, 4) is 11.4 Å². The molecule has 1 unspecified atom stereocenters. The van der Waals surface area contributed by atoms with Crippen LogP contribution in [0.3, 0.4) is 0 Å². The van der Waals surface area contributed by atoms with Crippen LogP contribution in [0.5, 0.6) is 0 Å². The summed E-state index contributed by atoms with van der Waals surface area (Å²) in [7, 11) is -2.16. The Morgan fingerprint density at radius 1 is 0.924 bits per heavy atom. The Kier molecular flexibility index (Phi) is 13.6. The van der Waals surface area contributed by atoms with Crippen molar-refractivity contribution in [1.29, 1.82) is 0 Å². The van der Waals surface area contributed by atoms with Crippen molar-refractivity contribution < 1.29 is 35.9 Å². The Balaban J connectivity index is 0.778. The summed E-state index contributed by atoms with van der Waals surface area (Å²) in [5.41, 5.74) is 2.26. The molecule has 5 heterocycles. The van der Waals surface area contributed by atoms with Crippen molar-refractivity contribution in [1.82, 2.24) is 43.6 Å². The molecule has 2 saturated heterocycles. The normalized spacial score (nSPS) is 20.3. The van der Waals surface area contributed by atoms with Crippen LogP contribution in [0.2, 0.25) is 0 Å². The molecule has 3 fully saturated rings. The first kappa shape index (κ1) is 47.1. The number of halogens is 3. The number of imide groups is 1. The summed E-state index contributed by atoms with van der Waals surface area (Å²) in [6.07, 6.45) is 3.86. The third-order valence-corrected chi connectivity index (χ3v) is 14.8. The smallest absolute Gasteiger partial charge is 0.377 e. The minimum absolute atomic E-state index is 0.0372. The number of nitrogens with one attached hydrogen (secondary N) is 3. The first-order chi connectivity index (χ1) is 31.4. The number of aromatic nitrogens is 6. The molecular weight excluding hydrogens is 878 g/mol. The topological polar surface area (TPSA) is 187 Å². The quantitative estimate of drug-likeness (QED) is 0.0798. The predicted molar refractivity (Wildman–Crippen MR) is 242 cm³/mol. The minimum atomic E-state index is -4.70. The SMILES string of the molecule is Cc1cc(S(=O)(=O)NCCOC2CCC(CN3CCC(c4ccc5c(c4)n(C)c(=O)n5C4CCC(=O)NC4=O)CC3)CC2)ccc1Nc1ncc(C(F)(F)F)c(-c2cnc(C)n2C(C)C)n1. The van der Waals surface area contributed by atoms with Gasteiger partial charge in [0.25, 0.3) is 0 Å². The number of alkyl halides is 3. The van der Waals surface area contributed by atoms with Gasteiger partial charge in [0.1, 0.15) is 23.1 Å². The Morgan fingerprint density at radius 2 is 1.67 bits per heavy atom. The second-order valence-electron chi connectivity index (χ2n) is 18.1. The first-order valence-electron chi connectivity index (χ1n) is 22.6. The Labute approximate surface area is 381 Å². The molecule has 20 heteroatoms. The van der Waals surface area contributed by atoms with Gasteiger partial charge < -0.3 is 19.5 Å². The highest BCUT2D eigenvalue weighted by molar-refractivity contribution is 7.89. The van der Waals surface area contributed by atoms with Crippen LogP contribution in [0, 0.1) is 19.8 Å². The van der Waals surface area contributed by atoms with Crippen molar-refractivity contribution in [2.24, 2.45) is 13.0 Å². The van der Waals surface area contributed by atoms with Crippen molar-refractivity contribution >= 4 is 44.5 Å². The number of likely N-dealkylation sites (tertiary alicyclic amines) is 1. The Hall–Kier alpha value is -5.44. The number of amides is 2. The van der Waals surface area contributed by atoms with Crippen LogP contribution in [0.4, 0.5) is 24.8 Å². The van der Waals surface area contributed by atoms with Gasteiger partial charge in [-0.25, -0.2) is 32.9 Å². The molecule has 8 rings (SSSR count). The van der Waals surface area contributed by atoms with E-state index in [1.165, 1.54) is 34.5 Å². The fraction of sp³-hybridized carbons (Fsp3) is 0.522. The number of piperidine rings is 2. The number of sulfonamides is 1. The molecule has 2 aromatic carbocycles. The van der Waals surface area contributed by atoms with Crippen molar-refractivity contribution in [2.45, 2.75) is 114 Å². The van der Waals surface area contributed by atoms with Gasteiger partial charge in [-0.15, -0.1) is 0 Å². The first-order valence-corrected chi connectivity index (χ1v) is 24.1. The van der Waals surface area contributed by atoms with Gasteiger partial charge in [0.15, 0.2) is 0 Å². The number of hydrogen-bond acceptors (Lipinski definition) is 11. The summed E-state index contributed by atoms with van der Waals surface area (Å²) in [5.74, 6) is 0.636. The lowest BCUT2D eigenvalue weighted by Crippen LogP contribution is -2.44. The highest BCUT2D eigenvalue weighted by atomic mass is 32.2. The molecule has 1 atom stereocenters. The van der Waals surface area contributed by atoms with Gasteiger partial charge in [-0.2, -0.15) is 13.2 Å². The molecule has 0 spiro atoms. The van der Waals surface area contributed by atoms with Gasteiger partial charge in [0.2, 0.25) is 27.8 Å². The monoisotopic (exact) mass is 934 g/mol. The largest absolute Gasteiger partial charge is 0.420 e. The standard InChI is InChI=1S/C46H57F3N10O6S/c1-27(2)58-29(4)50-25-40(58)42-35(46(47,48)49)24-51-44(55-42)53-36-12-11-34(22-28(36)3)66(63,64)52-18-21-65-33-9-6-30(7-10-33)26-57-19-16-31(17-20-57)32-8-13-37-39(23-32)56(5)45(62)59(37)38-14-15-41(60)54-43(38)61/h8,11-13,22-25,27,30-31,33,38,52H,6-7,9-10,14-21,26H2,1-5H3,(H,51,53,55)(H,54,60,61). The van der Waals surface area contributed by atoms with E-state index in [0.29, 0.717) is 40.8 Å². The molecule has 1 saturated carbocycles. The summed E-state index contributed by atoms with van der Waals surface area (Å²) in [4.78, 5) is 52.5. The maximum absolute atomic E-state index is 14.1. The third-order valence-electron chi connectivity index (χ3n) is 13.3. The molecule has 1 aliphatic carbocycles. The van der Waals surface area contributed by atoms with Crippen LogP contribution in [0.1, 0.15) is 106 Å². The van der Waals surface area contributed by atoms with Gasteiger partial charge in [-0.05, 0) is 139 Å². The van der Waals surface area contributed by atoms with E-state index in [1.54, 1.807) is 30.0 Å². The number of anilines is 2. The van der Waals surface area contributed by atoms with Crippen LogP contribution >= 0.6 is 0 Å². The van der Waals surface area contributed by atoms with Gasteiger partial charge in [0.05, 0.1) is 40.5 Å². The molecule has 66 heavy (non-hydrogen) atoms. The average molecular weight is 935 g/mol. The fourth-order valence-electron chi connectivity index (χ4n) is 9.83. The number of fused-ring (bicyclic) bond motifs is 1. The summed E-state index contributed by atoms with van der Waals surface area (Å²) in [6, 6.07) is 9.64. The van der Waals surface area contributed by atoms with Crippen LogP contribution in [0.25, 0.3) is 22.4 Å². The third kappa shape index (κ3) is 9.96. The maximum atomic E-state index is 14.1. The van der Waals surface area contributed by atoms with E-state index in [2.05, 4.69) is 47.3 Å². The number of imidazole rings is 2. The minimum Gasteiger partial charge on any atom is -0.377 e. The van der Waals surface area contributed by atoms with E-state index < -0.39 is 33.7 Å². The van der Waals surface area contributed by atoms with Crippen LogP contribution in [-0.2, 0) is 37.6 Å². The molecule has 5 aromatic rings. The molecule has 354 valence electrons. The van der Waals surface area contributed by atoms with Gasteiger partial charge in [0, 0.05) is 44.5 Å². The van der Waals surface area contributed by atoms with E-state index in [0.717, 1.165) is 69.9 Å². The number of benzene rings is 2. The summed E-state index contributed by atoms with van der Waals surface area (Å²) in [6.45, 7) is 10.4. The zero-order valence-corrected chi connectivity index (χ0v) is 38.6. The maximum Gasteiger partial charge on any atom is 0.420 e. The molecular formula is C46H57F3N10O6S. The summed E-state index contributed by atoms with van der Waals surface area (Å²) >= 11 is 0. The number of aryl methyl sites for hydroxylation is 3.